The van der Waals surface area contributed by atoms with Crippen LogP contribution in [-0.4, -0.2) is 37.8 Å². The number of benzene rings is 1. The Morgan fingerprint density at radius 1 is 1.17 bits per heavy atom. The zero-order valence-electron chi connectivity index (χ0n) is 17.0. The van der Waals surface area contributed by atoms with Gasteiger partial charge in [0, 0.05) is 40.9 Å². The summed E-state index contributed by atoms with van der Waals surface area (Å²) < 4.78 is 3.33. The lowest BCUT2D eigenvalue weighted by atomic mass is 9.96. The molecule has 3 heterocycles. The number of aliphatic hydroxyl groups excluding tert-OH is 1. The van der Waals surface area contributed by atoms with E-state index in [9.17, 15) is 5.11 Å². The van der Waals surface area contributed by atoms with Gasteiger partial charge in [-0.15, -0.1) is 0 Å². The van der Waals surface area contributed by atoms with Gasteiger partial charge in [-0.1, -0.05) is 28.1 Å². The molecule has 2 N–H and O–H groups in total. The van der Waals surface area contributed by atoms with Crippen molar-refractivity contribution in [2.45, 2.75) is 32.4 Å². The highest BCUT2D eigenvalue weighted by molar-refractivity contribution is 9.10. The summed E-state index contributed by atoms with van der Waals surface area (Å²) in [6.07, 6.45) is 2.48. The van der Waals surface area contributed by atoms with Crippen LogP contribution >= 0.6 is 28.1 Å². The van der Waals surface area contributed by atoms with Gasteiger partial charge in [-0.3, -0.25) is 4.98 Å². The molecule has 0 bridgehead atoms. The second kappa shape index (κ2) is 8.88. The van der Waals surface area contributed by atoms with Crippen LogP contribution in [0.1, 0.15) is 41.1 Å². The molecule has 1 aliphatic heterocycles. The average molecular weight is 485 g/mol. The molecule has 30 heavy (non-hydrogen) atoms. The van der Waals surface area contributed by atoms with Crippen LogP contribution in [-0.2, 0) is 0 Å². The fourth-order valence-corrected chi connectivity index (χ4v) is 5.04. The van der Waals surface area contributed by atoms with E-state index in [1.807, 2.05) is 30.5 Å². The van der Waals surface area contributed by atoms with Gasteiger partial charge >= 0.3 is 0 Å². The number of nitrogens with zero attached hydrogens (tertiary/aromatic N) is 3. The zero-order valence-corrected chi connectivity index (χ0v) is 19.4. The Hall–Kier alpha value is -2.22. The van der Waals surface area contributed by atoms with Crippen molar-refractivity contribution in [1.29, 1.82) is 0 Å². The smallest absolute Gasteiger partial charge is 0.170 e. The fraction of sp³-hybridized carbons (Fsp3) is 0.304. The molecule has 5 nitrogen and oxygen atoms in total. The first-order valence-electron chi connectivity index (χ1n) is 10.0. The van der Waals surface area contributed by atoms with E-state index in [0.717, 1.165) is 15.9 Å². The number of halogens is 1. The summed E-state index contributed by atoms with van der Waals surface area (Å²) in [6, 6.07) is 16.5. The van der Waals surface area contributed by atoms with E-state index in [-0.39, 0.29) is 18.7 Å². The molecule has 0 spiro atoms. The number of aromatic nitrogens is 2. The summed E-state index contributed by atoms with van der Waals surface area (Å²) in [5.41, 5.74) is 5.64. The van der Waals surface area contributed by atoms with E-state index >= 15 is 0 Å². The molecule has 2 atom stereocenters. The van der Waals surface area contributed by atoms with Gasteiger partial charge in [-0.05, 0) is 74.4 Å². The Balaban J connectivity index is 1.82. The maximum atomic E-state index is 9.42. The van der Waals surface area contributed by atoms with E-state index in [2.05, 4.69) is 73.8 Å². The van der Waals surface area contributed by atoms with Crippen molar-refractivity contribution in [2.24, 2.45) is 0 Å². The van der Waals surface area contributed by atoms with Crippen LogP contribution < -0.4 is 5.32 Å². The second-order valence-electron chi connectivity index (χ2n) is 7.54. The monoisotopic (exact) mass is 484 g/mol. The molecule has 7 heteroatoms. The van der Waals surface area contributed by atoms with Crippen LogP contribution in [0, 0.1) is 13.8 Å². The molecule has 0 aliphatic carbocycles. The van der Waals surface area contributed by atoms with Gasteiger partial charge in [0.25, 0.3) is 0 Å². The Kier molecular flexibility index (Phi) is 6.22. The number of aryl methyl sites for hydroxylation is 1. The Labute approximate surface area is 190 Å². The van der Waals surface area contributed by atoms with Crippen molar-refractivity contribution in [3.63, 3.8) is 0 Å². The molecule has 4 rings (SSSR count). The molecule has 1 saturated heterocycles. The van der Waals surface area contributed by atoms with Gasteiger partial charge in [-0.2, -0.15) is 0 Å². The predicted molar refractivity (Wildman–Crippen MR) is 127 cm³/mol. The third-order valence-corrected chi connectivity index (χ3v) is 6.46. The summed E-state index contributed by atoms with van der Waals surface area (Å²) in [5, 5.41) is 13.6. The lowest BCUT2D eigenvalue weighted by Crippen LogP contribution is -2.31. The second-order valence-corrected chi connectivity index (χ2v) is 8.84. The normalized spacial score (nSPS) is 18.7. The van der Waals surface area contributed by atoms with Gasteiger partial charge in [0.15, 0.2) is 5.11 Å². The van der Waals surface area contributed by atoms with E-state index in [1.165, 1.54) is 17.0 Å². The van der Waals surface area contributed by atoms with Crippen molar-refractivity contribution in [1.82, 2.24) is 19.8 Å². The molecule has 0 saturated carbocycles. The summed E-state index contributed by atoms with van der Waals surface area (Å²) in [7, 11) is 0. The van der Waals surface area contributed by atoms with Gasteiger partial charge in [0.05, 0.1) is 17.8 Å². The highest BCUT2D eigenvalue weighted by Crippen LogP contribution is 2.41. The first-order chi connectivity index (χ1) is 14.5. The molecule has 0 radical (unpaired) electrons. The van der Waals surface area contributed by atoms with Crippen LogP contribution in [0.4, 0.5) is 0 Å². The van der Waals surface area contributed by atoms with E-state index < -0.39 is 0 Å². The van der Waals surface area contributed by atoms with Crippen molar-refractivity contribution < 1.29 is 5.11 Å². The lowest BCUT2D eigenvalue weighted by molar-refractivity contribution is 0.247. The van der Waals surface area contributed by atoms with E-state index in [4.69, 9.17) is 12.2 Å². The lowest BCUT2D eigenvalue weighted by Gasteiger charge is -2.28. The van der Waals surface area contributed by atoms with Crippen molar-refractivity contribution in [3.05, 3.63) is 81.8 Å². The standard InChI is InChI=1S/C23H25BrN4OS/c1-15-13-19(16(2)28(15)18-8-5-7-17(24)14-18)22-21(20-9-3-4-10-25-20)26-23(30)27(22)11-6-12-29/h3-5,7-10,13-14,21-22,29H,6,11-12H2,1-2H3,(H,26,30)/t21-,22-/m1/s1. The molecule has 1 aliphatic rings. The maximum Gasteiger partial charge on any atom is 0.170 e. The molecule has 3 aromatic rings. The van der Waals surface area contributed by atoms with Gasteiger partial charge in [0.1, 0.15) is 0 Å². The van der Waals surface area contributed by atoms with E-state index in [0.29, 0.717) is 18.1 Å². The number of thiocarbonyl (C=S) groups is 1. The highest BCUT2D eigenvalue weighted by Gasteiger charge is 2.41. The Morgan fingerprint density at radius 3 is 2.70 bits per heavy atom. The fourth-order valence-electron chi connectivity index (χ4n) is 4.33. The SMILES string of the molecule is Cc1cc([C@@H]2[C@@H](c3ccccn3)NC(=S)N2CCCO)c(C)n1-c1cccc(Br)c1. The van der Waals surface area contributed by atoms with E-state index in [1.54, 1.807) is 0 Å². The van der Waals surface area contributed by atoms with Crippen LogP contribution in [0.5, 0.6) is 0 Å². The molecule has 1 aromatic carbocycles. The Morgan fingerprint density at radius 2 is 2.00 bits per heavy atom. The van der Waals surface area contributed by atoms with Crippen LogP contribution in [0.2, 0.25) is 0 Å². The number of pyridine rings is 1. The van der Waals surface area contributed by atoms with Gasteiger partial charge in [-0.25, -0.2) is 0 Å². The van der Waals surface area contributed by atoms with Crippen molar-refractivity contribution in [2.75, 3.05) is 13.2 Å². The van der Waals surface area contributed by atoms with Crippen molar-refractivity contribution in [3.8, 4) is 5.69 Å². The van der Waals surface area contributed by atoms with Gasteiger partial charge in [0.2, 0.25) is 0 Å². The molecule has 0 amide bonds. The number of hydrogen-bond donors (Lipinski definition) is 2. The molecule has 0 unspecified atom stereocenters. The Bertz CT molecular complexity index is 1050. The van der Waals surface area contributed by atoms with Crippen LogP contribution in [0.25, 0.3) is 5.69 Å². The predicted octanol–water partition coefficient (Wildman–Crippen LogP) is 4.61. The quantitative estimate of drug-likeness (QED) is 0.500. The average Bonchev–Trinajstić information content (AvgIpc) is 3.22. The molecular weight excluding hydrogens is 460 g/mol. The number of hydrogen-bond acceptors (Lipinski definition) is 3. The summed E-state index contributed by atoms with van der Waals surface area (Å²) in [5.74, 6) is 0. The molecule has 156 valence electrons. The molecule has 2 aromatic heterocycles. The van der Waals surface area contributed by atoms with Gasteiger partial charge < -0.3 is 19.9 Å². The summed E-state index contributed by atoms with van der Waals surface area (Å²) in [6.45, 7) is 5.12. The number of aliphatic hydroxyl groups is 1. The van der Waals surface area contributed by atoms with Crippen LogP contribution in [0.15, 0.2) is 59.2 Å². The maximum absolute atomic E-state index is 9.42. The van der Waals surface area contributed by atoms with Crippen LogP contribution in [0.3, 0.4) is 0 Å². The largest absolute Gasteiger partial charge is 0.396 e. The third kappa shape index (κ3) is 3.89. The minimum Gasteiger partial charge on any atom is -0.396 e. The summed E-state index contributed by atoms with van der Waals surface area (Å²) >= 11 is 9.28. The summed E-state index contributed by atoms with van der Waals surface area (Å²) in [4.78, 5) is 6.80. The minimum atomic E-state index is -0.0474. The molecular formula is C23H25BrN4OS. The molecule has 1 fully saturated rings. The first kappa shape index (κ1) is 21.0. The first-order valence-corrected chi connectivity index (χ1v) is 11.2. The number of nitrogens with one attached hydrogen (secondary N) is 1. The minimum absolute atomic E-state index is 0.00560. The topological polar surface area (TPSA) is 53.3 Å². The zero-order chi connectivity index (χ0) is 21.3. The third-order valence-electron chi connectivity index (χ3n) is 5.61. The highest BCUT2D eigenvalue weighted by atomic mass is 79.9. The van der Waals surface area contributed by atoms with Crippen molar-refractivity contribution >= 4 is 33.3 Å². The number of rotatable bonds is 6.